The summed E-state index contributed by atoms with van der Waals surface area (Å²) in [6.45, 7) is 3.78. The number of esters is 1. The van der Waals surface area contributed by atoms with E-state index in [1.165, 1.54) is 0 Å². The first-order valence-electron chi connectivity index (χ1n) is 4.24. The molecule has 3 nitrogen and oxygen atoms in total. The Morgan fingerprint density at radius 3 is 2.86 bits per heavy atom. The summed E-state index contributed by atoms with van der Waals surface area (Å²) >= 11 is 5.57. The minimum Gasteiger partial charge on any atom is -0.463 e. The van der Waals surface area contributed by atoms with Crippen LogP contribution in [0.25, 0.3) is 6.08 Å². The summed E-state index contributed by atoms with van der Waals surface area (Å²) in [6, 6.07) is 3.30. The second-order valence-corrected chi connectivity index (χ2v) is 3.06. The van der Waals surface area contributed by atoms with E-state index in [2.05, 4.69) is 0 Å². The van der Waals surface area contributed by atoms with Crippen LogP contribution >= 0.6 is 11.6 Å². The molecule has 1 aromatic heterocycles. The van der Waals surface area contributed by atoms with Crippen LogP contribution in [0.2, 0.25) is 5.22 Å². The zero-order valence-electron chi connectivity index (χ0n) is 8.04. The monoisotopic (exact) mass is 214 g/mol. The van der Waals surface area contributed by atoms with E-state index < -0.39 is 0 Å². The van der Waals surface area contributed by atoms with Gasteiger partial charge in [-0.1, -0.05) is 0 Å². The van der Waals surface area contributed by atoms with Crippen molar-refractivity contribution in [3.8, 4) is 0 Å². The van der Waals surface area contributed by atoms with E-state index in [0.29, 0.717) is 23.2 Å². The molecule has 0 amide bonds. The van der Waals surface area contributed by atoms with Gasteiger partial charge in [-0.2, -0.15) is 0 Å². The highest BCUT2D eigenvalue weighted by Crippen LogP contribution is 2.16. The molecule has 0 saturated carbocycles. The maximum absolute atomic E-state index is 11.2. The lowest BCUT2D eigenvalue weighted by Crippen LogP contribution is -2.04. The lowest BCUT2D eigenvalue weighted by atomic mass is 10.2. The summed E-state index contributed by atoms with van der Waals surface area (Å²) < 4.78 is 9.86. The molecule has 0 N–H and O–H groups in total. The van der Waals surface area contributed by atoms with Gasteiger partial charge in [-0.05, 0) is 43.7 Å². The number of furan rings is 1. The quantitative estimate of drug-likeness (QED) is 0.574. The number of rotatable bonds is 3. The highest BCUT2D eigenvalue weighted by molar-refractivity contribution is 6.28. The van der Waals surface area contributed by atoms with Crippen molar-refractivity contribution in [2.45, 2.75) is 13.8 Å². The molecule has 1 aromatic rings. The van der Waals surface area contributed by atoms with Gasteiger partial charge in [0.25, 0.3) is 0 Å². The molecule has 0 fully saturated rings. The van der Waals surface area contributed by atoms with Crippen LogP contribution in [0.5, 0.6) is 0 Å². The SMILES string of the molecule is CCOC(=O)/C(C)=C/c1ccc(Cl)o1. The number of hydrogen-bond acceptors (Lipinski definition) is 3. The molecule has 1 rings (SSSR count). The van der Waals surface area contributed by atoms with Crippen LogP contribution < -0.4 is 0 Å². The Hall–Kier alpha value is -1.22. The number of carbonyl (C=O) groups is 1. The van der Waals surface area contributed by atoms with Crippen molar-refractivity contribution in [2.75, 3.05) is 6.61 Å². The van der Waals surface area contributed by atoms with Crippen LogP contribution in [-0.2, 0) is 9.53 Å². The normalized spacial score (nSPS) is 11.5. The van der Waals surface area contributed by atoms with Gasteiger partial charge in [0.1, 0.15) is 5.76 Å². The molecule has 0 aliphatic carbocycles. The number of ether oxygens (including phenoxy) is 1. The van der Waals surface area contributed by atoms with Gasteiger partial charge in [-0.25, -0.2) is 4.79 Å². The topological polar surface area (TPSA) is 39.4 Å². The molecule has 0 saturated heterocycles. The summed E-state index contributed by atoms with van der Waals surface area (Å²) in [5.74, 6) is 0.195. The predicted octanol–water partition coefficient (Wildman–Crippen LogP) is 2.90. The molecular formula is C10H11ClO3. The van der Waals surface area contributed by atoms with Gasteiger partial charge in [0.2, 0.25) is 0 Å². The number of hydrogen-bond donors (Lipinski definition) is 0. The highest BCUT2D eigenvalue weighted by atomic mass is 35.5. The van der Waals surface area contributed by atoms with Crippen molar-refractivity contribution in [3.05, 3.63) is 28.7 Å². The highest BCUT2D eigenvalue weighted by Gasteiger charge is 2.05. The Morgan fingerprint density at radius 2 is 2.36 bits per heavy atom. The molecule has 0 radical (unpaired) electrons. The Balaban J connectivity index is 2.73. The zero-order chi connectivity index (χ0) is 10.6. The number of halogens is 1. The average Bonchev–Trinajstić information content (AvgIpc) is 2.51. The van der Waals surface area contributed by atoms with Gasteiger partial charge in [0.15, 0.2) is 5.22 Å². The van der Waals surface area contributed by atoms with Gasteiger partial charge in [0, 0.05) is 5.57 Å². The second-order valence-electron chi connectivity index (χ2n) is 2.69. The zero-order valence-corrected chi connectivity index (χ0v) is 8.80. The maximum Gasteiger partial charge on any atom is 0.333 e. The number of carbonyl (C=O) groups excluding carboxylic acids is 1. The van der Waals surface area contributed by atoms with E-state index in [1.54, 1.807) is 32.1 Å². The van der Waals surface area contributed by atoms with Crippen molar-refractivity contribution >= 4 is 23.6 Å². The predicted molar refractivity (Wildman–Crippen MR) is 54.0 cm³/mol. The van der Waals surface area contributed by atoms with Crippen molar-refractivity contribution in [3.63, 3.8) is 0 Å². The Labute approximate surface area is 87.3 Å². The first-order chi connectivity index (χ1) is 6.63. The molecule has 4 heteroatoms. The van der Waals surface area contributed by atoms with Crippen LogP contribution in [-0.4, -0.2) is 12.6 Å². The van der Waals surface area contributed by atoms with E-state index in [-0.39, 0.29) is 5.97 Å². The average molecular weight is 215 g/mol. The van der Waals surface area contributed by atoms with Crippen molar-refractivity contribution < 1.29 is 13.9 Å². The summed E-state index contributed by atoms with van der Waals surface area (Å²) in [4.78, 5) is 11.2. The first kappa shape index (κ1) is 10.9. The third kappa shape index (κ3) is 2.92. The molecule has 0 unspecified atom stereocenters. The molecule has 0 aromatic carbocycles. The van der Waals surface area contributed by atoms with Crippen LogP contribution in [0.1, 0.15) is 19.6 Å². The molecule has 14 heavy (non-hydrogen) atoms. The molecule has 76 valence electrons. The van der Waals surface area contributed by atoms with Crippen LogP contribution in [0.4, 0.5) is 0 Å². The molecule has 0 bridgehead atoms. The van der Waals surface area contributed by atoms with E-state index >= 15 is 0 Å². The lowest BCUT2D eigenvalue weighted by Gasteiger charge is -1.99. The Morgan fingerprint density at radius 1 is 1.64 bits per heavy atom. The second kappa shape index (κ2) is 4.86. The van der Waals surface area contributed by atoms with Crippen LogP contribution in [0.3, 0.4) is 0 Å². The van der Waals surface area contributed by atoms with Crippen LogP contribution in [0, 0.1) is 0 Å². The largest absolute Gasteiger partial charge is 0.463 e. The summed E-state index contributed by atoms with van der Waals surface area (Å²) in [5.41, 5.74) is 0.484. The van der Waals surface area contributed by atoms with E-state index in [4.69, 9.17) is 20.8 Å². The van der Waals surface area contributed by atoms with E-state index in [0.717, 1.165) is 0 Å². The Kier molecular flexibility index (Phi) is 3.77. The van der Waals surface area contributed by atoms with Crippen molar-refractivity contribution in [2.24, 2.45) is 0 Å². The van der Waals surface area contributed by atoms with Gasteiger partial charge in [-0.3, -0.25) is 0 Å². The van der Waals surface area contributed by atoms with Crippen LogP contribution in [0.15, 0.2) is 22.1 Å². The minimum atomic E-state index is -0.347. The van der Waals surface area contributed by atoms with E-state index in [9.17, 15) is 4.79 Å². The van der Waals surface area contributed by atoms with Gasteiger partial charge < -0.3 is 9.15 Å². The Bertz CT molecular complexity index is 352. The molecular weight excluding hydrogens is 204 g/mol. The minimum absolute atomic E-state index is 0.299. The fraction of sp³-hybridized carbons (Fsp3) is 0.300. The standard InChI is InChI=1S/C10H11ClO3/c1-3-13-10(12)7(2)6-8-4-5-9(11)14-8/h4-6H,3H2,1-2H3/b7-6+. The summed E-state index contributed by atoms with van der Waals surface area (Å²) in [6.07, 6.45) is 1.59. The van der Waals surface area contributed by atoms with Gasteiger partial charge in [-0.15, -0.1) is 0 Å². The fourth-order valence-corrected chi connectivity index (χ4v) is 1.08. The smallest absolute Gasteiger partial charge is 0.333 e. The first-order valence-corrected chi connectivity index (χ1v) is 4.62. The molecule has 0 atom stereocenters. The maximum atomic E-state index is 11.2. The summed E-state index contributed by atoms with van der Waals surface area (Å²) in [5, 5.41) is 0.299. The summed E-state index contributed by atoms with van der Waals surface area (Å²) in [7, 11) is 0. The molecule has 0 aliphatic heterocycles. The molecule has 0 spiro atoms. The van der Waals surface area contributed by atoms with Crippen molar-refractivity contribution in [1.29, 1.82) is 0 Å². The van der Waals surface area contributed by atoms with E-state index in [1.807, 2.05) is 0 Å². The third-order valence-corrected chi connectivity index (χ3v) is 1.75. The fourth-order valence-electron chi connectivity index (χ4n) is 0.923. The van der Waals surface area contributed by atoms with Crippen molar-refractivity contribution in [1.82, 2.24) is 0 Å². The molecule has 1 heterocycles. The lowest BCUT2D eigenvalue weighted by molar-refractivity contribution is -0.138. The van der Waals surface area contributed by atoms with Gasteiger partial charge in [0.05, 0.1) is 6.61 Å². The molecule has 0 aliphatic rings. The third-order valence-electron chi connectivity index (χ3n) is 1.55. The van der Waals surface area contributed by atoms with Gasteiger partial charge >= 0.3 is 5.97 Å².